The van der Waals surface area contributed by atoms with E-state index in [2.05, 4.69) is 59.1 Å². The molecule has 110 valence electrons. The van der Waals surface area contributed by atoms with Crippen LogP contribution in [0.4, 0.5) is 0 Å². The summed E-state index contributed by atoms with van der Waals surface area (Å²) in [4.78, 5) is 9.91. The molecular weight excluding hydrogens is 264 g/mol. The molecule has 5 nitrogen and oxygen atoms in total. The second-order valence-electron chi connectivity index (χ2n) is 5.62. The van der Waals surface area contributed by atoms with Crippen LogP contribution in [-0.2, 0) is 13.1 Å². The van der Waals surface area contributed by atoms with E-state index < -0.39 is 0 Å². The van der Waals surface area contributed by atoms with Crippen molar-refractivity contribution in [2.45, 2.75) is 33.9 Å². The smallest absolute Gasteiger partial charge is 0.240 e. The van der Waals surface area contributed by atoms with Crippen molar-refractivity contribution in [3.8, 4) is 0 Å². The molecule has 0 aliphatic heterocycles. The first kappa shape index (κ1) is 13.8. The Labute approximate surface area is 124 Å². The summed E-state index contributed by atoms with van der Waals surface area (Å²) in [6.45, 7) is 7.58. The van der Waals surface area contributed by atoms with Gasteiger partial charge in [0.2, 0.25) is 5.89 Å². The molecular formula is C16H20N4O. The number of rotatable bonds is 4. The van der Waals surface area contributed by atoms with Crippen molar-refractivity contribution in [2.24, 2.45) is 0 Å². The number of aromatic amines is 1. The number of aryl methyl sites for hydroxylation is 3. The number of H-pyrrole nitrogens is 1. The quantitative estimate of drug-likeness (QED) is 0.799. The molecule has 0 unspecified atom stereocenters. The van der Waals surface area contributed by atoms with E-state index in [1.807, 2.05) is 6.92 Å². The zero-order chi connectivity index (χ0) is 15.0. The number of nitrogens with one attached hydrogen (secondary N) is 1. The van der Waals surface area contributed by atoms with E-state index >= 15 is 0 Å². The highest BCUT2D eigenvalue weighted by Crippen LogP contribution is 2.25. The van der Waals surface area contributed by atoms with Gasteiger partial charge in [-0.2, -0.15) is 4.98 Å². The molecule has 0 saturated carbocycles. The van der Waals surface area contributed by atoms with Gasteiger partial charge in [-0.15, -0.1) is 0 Å². The molecule has 1 N–H and O–H groups in total. The number of para-hydroxylation sites is 1. The van der Waals surface area contributed by atoms with Crippen molar-refractivity contribution < 1.29 is 4.52 Å². The minimum atomic E-state index is 0.649. The van der Waals surface area contributed by atoms with Crippen molar-refractivity contribution >= 4 is 10.9 Å². The lowest BCUT2D eigenvalue weighted by Gasteiger charge is -2.14. The Kier molecular flexibility index (Phi) is 3.51. The molecule has 2 aromatic heterocycles. The van der Waals surface area contributed by atoms with E-state index in [0.717, 1.165) is 6.54 Å². The summed E-state index contributed by atoms with van der Waals surface area (Å²) in [6, 6.07) is 6.44. The van der Waals surface area contributed by atoms with Crippen molar-refractivity contribution in [1.29, 1.82) is 0 Å². The summed E-state index contributed by atoms with van der Waals surface area (Å²) in [6.07, 6.45) is 0. The highest BCUT2D eigenvalue weighted by molar-refractivity contribution is 5.87. The molecule has 2 heterocycles. The van der Waals surface area contributed by atoms with Gasteiger partial charge in [-0.1, -0.05) is 23.4 Å². The predicted octanol–water partition coefficient (Wildman–Crippen LogP) is 3.11. The molecule has 21 heavy (non-hydrogen) atoms. The Morgan fingerprint density at radius 3 is 2.71 bits per heavy atom. The fourth-order valence-corrected chi connectivity index (χ4v) is 2.66. The third-order valence-electron chi connectivity index (χ3n) is 3.84. The van der Waals surface area contributed by atoms with Crippen LogP contribution in [0, 0.1) is 20.8 Å². The first-order chi connectivity index (χ1) is 10.0. The van der Waals surface area contributed by atoms with E-state index in [4.69, 9.17) is 4.52 Å². The molecule has 3 aromatic rings. The predicted molar refractivity (Wildman–Crippen MR) is 82.0 cm³/mol. The zero-order valence-corrected chi connectivity index (χ0v) is 12.9. The molecule has 0 spiro atoms. The average Bonchev–Trinajstić information content (AvgIpc) is 2.96. The summed E-state index contributed by atoms with van der Waals surface area (Å²) >= 11 is 0. The Morgan fingerprint density at radius 2 is 2.00 bits per heavy atom. The maximum absolute atomic E-state index is 5.17. The standard InChI is InChI=1S/C16H20N4O/c1-10-11(2)17-16-13(6-5-7-14(10)16)8-20(4)9-15-18-12(3)19-21-15/h5-7,17H,8-9H2,1-4H3. The highest BCUT2D eigenvalue weighted by atomic mass is 16.5. The second-order valence-corrected chi connectivity index (χ2v) is 5.62. The van der Waals surface area contributed by atoms with Gasteiger partial charge in [0, 0.05) is 17.6 Å². The molecule has 1 aromatic carbocycles. The lowest BCUT2D eigenvalue weighted by molar-refractivity contribution is 0.261. The summed E-state index contributed by atoms with van der Waals surface area (Å²) in [5.41, 5.74) is 5.05. The Morgan fingerprint density at radius 1 is 1.19 bits per heavy atom. The van der Waals surface area contributed by atoms with Crippen molar-refractivity contribution in [2.75, 3.05) is 7.05 Å². The molecule has 0 atom stereocenters. The van der Waals surface area contributed by atoms with Crippen molar-refractivity contribution in [1.82, 2.24) is 20.0 Å². The summed E-state index contributed by atoms with van der Waals surface area (Å²) in [5.74, 6) is 1.33. The minimum Gasteiger partial charge on any atom is -0.358 e. The van der Waals surface area contributed by atoms with Crippen LogP contribution < -0.4 is 0 Å². The van der Waals surface area contributed by atoms with Gasteiger partial charge < -0.3 is 9.51 Å². The molecule has 3 rings (SSSR count). The van der Waals surface area contributed by atoms with Gasteiger partial charge in [0.15, 0.2) is 5.82 Å². The van der Waals surface area contributed by atoms with Gasteiger partial charge in [-0.3, -0.25) is 4.90 Å². The summed E-state index contributed by atoms with van der Waals surface area (Å²) < 4.78 is 5.17. The largest absolute Gasteiger partial charge is 0.358 e. The van der Waals surface area contributed by atoms with Crippen molar-refractivity contribution in [3.63, 3.8) is 0 Å². The van der Waals surface area contributed by atoms with Crippen LogP contribution in [0.2, 0.25) is 0 Å². The lowest BCUT2D eigenvalue weighted by atomic mass is 10.1. The first-order valence-electron chi connectivity index (χ1n) is 7.09. The summed E-state index contributed by atoms with van der Waals surface area (Å²) in [5, 5.41) is 5.12. The molecule has 0 bridgehead atoms. The number of hydrogen-bond donors (Lipinski definition) is 1. The van der Waals surface area contributed by atoms with E-state index in [-0.39, 0.29) is 0 Å². The van der Waals surface area contributed by atoms with Gasteiger partial charge in [-0.25, -0.2) is 0 Å². The van der Waals surface area contributed by atoms with Gasteiger partial charge in [0.05, 0.1) is 12.1 Å². The first-order valence-corrected chi connectivity index (χ1v) is 7.09. The third-order valence-corrected chi connectivity index (χ3v) is 3.84. The normalized spacial score (nSPS) is 11.7. The van der Waals surface area contributed by atoms with E-state index in [1.165, 1.54) is 27.7 Å². The van der Waals surface area contributed by atoms with E-state index in [9.17, 15) is 0 Å². The van der Waals surface area contributed by atoms with Gasteiger partial charge in [0.25, 0.3) is 0 Å². The van der Waals surface area contributed by atoms with Crippen LogP contribution >= 0.6 is 0 Å². The van der Waals surface area contributed by atoms with Crippen LogP contribution in [0.1, 0.15) is 28.5 Å². The maximum atomic E-state index is 5.17. The molecule has 5 heteroatoms. The summed E-state index contributed by atoms with van der Waals surface area (Å²) in [7, 11) is 2.06. The Balaban J connectivity index is 1.82. The monoisotopic (exact) mass is 284 g/mol. The molecule has 0 saturated heterocycles. The van der Waals surface area contributed by atoms with Crippen LogP contribution in [0.5, 0.6) is 0 Å². The number of nitrogens with zero attached hydrogens (tertiary/aromatic N) is 3. The van der Waals surface area contributed by atoms with Crippen LogP contribution in [0.15, 0.2) is 22.7 Å². The average molecular weight is 284 g/mol. The minimum absolute atomic E-state index is 0.649. The van der Waals surface area contributed by atoms with E-state index in [1.54, 1.807) is 0 Å². The zero-order valence-electron chi connectivity index (χ0n) is 12.9. The van der Waals surface area contributed by atoms with Gasteiger partial charge in [0.1, 0.15) is 0 Å². The maximum Gasteiger partial charge on any atom is 0.240 e. The van der Waals surface area contributed by atoms with E-state index in [0.29, 0.717) is 18.3 Å². The Hall–Kier alpha value is -2.14. The number of aromatic nitrogens is 3. The Bertz CT molecular complexity index is 772. The van der Waals surface area contributed by atoms with Crippen LogP contribution in [0.25, 0.3) is 10.9 Å². The second kappa shape index (κ2) is 5.33. The third kappa shape index (κ3) is 2.69. The number of fused-ring (bicyclic) bond motifs is 1. The number of hydrogen-bond acceptors (Lipinski definition) is 4. The molecule has 0 aliphatic rings. The highest BCUT2D eigenvalue weighted by Gasteiger charge is 2.12. The lowest BCUT2D eigenvalue weighted by Crippen LogP contribution is -2.17. The molecule has 0 aliphatic carbocycles. The molecule has 0 fully saturated rings. The van der Waals surface area contributed by atoms with Crippen molar-refractivity contribution in [3.05, 3.63) is 46.7 Å². The van der Waals surface area contributed by atoms with Gasteiger partial charge in [-0.05, 0) is 38.9 Å². The topological polar surface area (TPSA) is 58.0 Å². The molecule has 0 amide bonds. The SMILES string of the molecule is Cc1noc(CN(C)Cc2cccc3c(C)c(C)[nH]c23)n1. The van der Waals surface area contributed by atoms with Gasteiger partial charge >= 0.3 is 0 Å². The number of benzene rings is 1. The van der Waals surface area contributed by atoms with Crippen LogP contribution in [0.3, 0.4) is 0 Å². The molecule has 0 radical (unpaired) electrons. The van der Waals surface area contributed by atoms with Crippen LogP contribution in [-0.4, -0.2) is 27.1 Å². The fourth-order valence-electron chi connectivity index (χ4n) is 2.66. The fraction of sp³-hybridized carbons (Fsp3) is 0.375.